The summed E-state index contributed by atoms with van der Waals surface area (Å²) in [6.45, 7) is 4.50. The van der Waals surface area contributed by atoms with Crippen LogP contribution >= 0.6 is 0 Å². The largest absolute Gasteiger partial charge is 0.480 e. The Morgan fingerprint density at radius 2 is 2.16 bits per heavy atom. The Morgan fingerprint density at radius 1 is 1.47 bits per heavy atom. The van der Waals surface area contributed by atoms with E-state index in [0.29, 0.717) is 18.9 Å². The van der Waals surface area contributed by atoms with Crippen LogP contribution in [0.3, 0.4) is 0 Å². The highest BCUT2D eigenvalue weighted by Gasteiger charge is 2.46. The summed E-state index contributed by atoms with van der Waals surface area (Å²) in [7, 11) is -0.667. The van der Waals surface area contributed by atoms with E-state index in [4.69, 9.17) is 0 Å². The predicted molar refractivity (Wildman–Crippen MR) is 75.7 cm³/mol. The van der Waals surface area contributed by atoms with E-state index in [9.17, 15) is 14.1 Å². The van der Waals surface area contributed by atoms with Crippen molar-refractivity contribution in [2.24, 2.45) is 0 Å². The molecule has 110 valence electrons. The maximum Gasteiger partial charge on any atom is 0.323 e. The van der Waals surface area contributed by atoms with E-state index >= 15 is 0 Å². The fourth-order valence-electron chi connectivity index (χ4n) is 3.14. The minimum absolute atomic E-state index is 0.331. The topological polar surface area (TPSA) is 69.6 Å². The van der Waals surface area contributed by atoms with Crippen molar-refractivity contribution in [2.75, 3.05) is 31.1 Å². The maximum atomic E-state index is 11.6. The molecule has 1 aliphatic carbocycles. The first-order chi connectivity index (χ1) is 9.07. The summed E-state index contributed by atoms with van der Waals surface area (Å²) in [6.07, 6.45) is 3.25. The van der Waals surface area contributed by atoms with Crippen LogP contribution in [-0.4, -0.2) is 62.9 Å². The smallest absolute Gasteiger partial charge is 0.323 e. The Labute approximate surface area is 117 Å². The summed E-state index contributed by atoms with van der Waals surface area (Å²) in [5.41, 5.74) is -0.739. The van der Waals surface area contributed by atoms with Crippen LogP contribution in [0, 0.1) is 0 Å². The van der Waals surface area contributed by atoms with Crippen molar-refractivity contribution in [1.29, 1.82) is 0 Å². The minimum Gasteiger partial charge on any atom is -0.480 e. The van der Waals surface area contributed by atoms with Gasteiger partial charge in [0, 0.05) is 41.4 Å². The molecule has 2 N–H and O–H groups in total. The van der Waals surface area contributed by atoms with E-state index in [1.165, 1.54) is 0 Å². The molecule has 0 aromatic carbocycles. The molecule has 2 fully saturated rings. The highest BCUT2D eigenvalue weighted by Crippen LogP contribution is 2.34. The zero-order valence-electron chi connectivity index (χ0n) is 11.6. The average Bonchev–Trinajstić information content (AvgIpc) is 2.83. The van der Waals surface area contributed by atoms with Gasteiger partial charge in [0.2, 0.25) is 0 Å². The maximum absolute atomic E-state index is 11.6. The second kappa shape index (κ2) is 6.33. The molecule has 5 nitrogen and oxygen atoms in total. The highest BCUT2D eigenvalue weighted by molar-refractivity contribution is 7.85. The molecule has 0 radical (unpaired) electrons. The van der Waals surface area contributed by atoms with Gasteiger partial charge in [-0.05, 0) is 32.2 Å². The Morgan fingerprint density at radius 3 is 2.74 bits per heavy atom. The van der Waals surface area contributed by atoms with E-state index in [0.717, 1.165) is 44.0 Å². The van der Waals surface area contributed by atoms with Crippen molar-refractivity contribution in [3.63, 3.8) is 0 Å². The average molecular weight is 288 g/mol. The Kier molecular flexibility index (Phi) is 4.97. The molecule has 19 heavy (non-hydrogen) atoms. The number of hydrogen-bond donors (Lipinski definition) is 2. The number of aliphatic carboxylic acids is 1. The molecule has 0 amide bonds. The normalized spacial score (nSPS) is 33.6. The van der Waals surface area contributed by atoms with Gasteiger partial charge in [-0.2, -0.15) is 0 Å². The van der Waals surface area contributed by atoms with Crippen molar-refractivity contribution in [1.82, 2.24) is 10.2 Å². The van der Waals surface area contributed by atoms with Crippen molar-refractivity contribution in [3.05, 3.63) is 0 Å². The van der Waals surface area contributed by atoms with Crippen LogP contribution in [-0.2, 0) is 15.6 Å². The molecule has 0 spiro atoms. The van der Waals surface area contributed by atoms with Gasteiger partial charge in [-0.25, -0.2) is 0 Å². The SMILES string of the molecule is CCCNC1(C(=O)O)CCC(N2CCS(=O)CC2)C1. The molecule has 1 aliphatic heterocycles. The molecule has 0 aromatic heterocycles. The number of hydrogen-bond acceptors (Lipinski definition) is 4. The lowest BCUT2D eigenvalue weighted by Crippen LogP contribution is -2.52. The van der Waals surface area contributed by atoms with Crippen LogP contribution in [0.25, 0.3) is 0 Å². The van der Waals surface area contributed by atoms with Crippen LogP contribution < -0.4 is 5.32 Å². The summed E-state index contributed by atoms with van der Waals surface area (Å²) in [6, 6.07) is 0.331. The summed E-state index contributed by atoms with van der Waals surface area (Å²) in [4.78, 5) is 13.9. The Hall–Kier alpha value is -0.460. The molecule has 0 bridgehead atoms. The zero-order valence-corrected chi connectivity index (χ0v) is 12.4. The lowest BCUT2D eigenvalue weighted by Gasteiger charge is -2.33. The number of nitrogens with zero attached hydrogens (tertiary/aromatic N) is 1. The van der Waals surface area contributed by atoms with E-state index in [2.05, 4.69) is 17.1 Å². The van der Waals surface area contributed by atoms with Gasteiger partial charge in [-0.1, -0.05) is 6.92 Å². The van der Waals surface area contributed by atoms with Gasteiger partial charge in [0.05, 0.1) is 0 Å². The van der Waals surface area contributed by atoms with Crippen LogP contribution in [0.15, 0.2) is 0 Å². The second-order valence-corrected chi connectivity index (χ2v) is 7.29. The van der Waals surface area contributed by atoms with E-state index in [1.807, 2.05) is 0 Å². The van der Waals surface area contributed by atoms with Crippen molar-refractivity contribution in [3.8, 4) is 0 Å². The van der Waals surface area contributed by atoms with E-state index in [-0.39, 0.29) is 0 Å². The quantitative estimate of drug-likeness (QED) is 0.767. The molecule has 2 aliphatic rings. The Bertz CT molecular complexity index is 354. The molecule has 2 unspecified atom stereocenters. The van der Waals surface area contributed by atoms with Gasteiger partial charge in [-0.15, -0.1) is 0 Å². The third-order valence-electron chi connectivity index (χ3n) is 4.34. The third kappa shape index (κ3) is 3.35. The van der Waals surface area contributed by atoms with Crippen LogP contribution in [0.2, 0.25) is 0 Å². The first-order valence-corrected chi connectivity index (χ1v) is 8.63. The van der Waals surface area contributed by atoms with Gasteiger partial charge in [0.1, 0.15) is 5.54 Å². The lowest BCUT2D eigenvalue weighted by molar-refractivity contribution is -0.144. The van der Waals surface area contributed by atoms with Crippen molar-refractivity contribution >= 4 is 16.8 Å². The zero-order chi connectivity index (χ0) is 13.9. The molecule has 1 saturated carbocycles. The van der Waals surface area contributed by atoms with E-state index < -0.39 is 22.3 Å². The standard InChI is InChI=1S/C13H24N2O3S/c1-2-5-14-13(12(16)17)4-3-11(10-13)15-6-8-19(18)9-7-15/h11,14H,2-10H2,1H3,(H,16,17). The number of carbonyl (C=O) groups is 1. The van der Waals surface area contributed by atoms with Crippen LogP contribution in [0.5, 0.6) is 0 Å². The lowest BCUT2D eigenvalue weighted by atomic mass is 9.97. The third-order valence-corrected chi connectivity index (χ3v) is 5.62. The summed E-state index contributed by atoms with van der Waals surface area (Å²) in [5.74, 6) is 0.752. The summed E-state index contributed by atoms with van der Waals surface area (Å²) in [5, 5.41) is 12.8. The molecular formula is C13H24N2O3S. The Balaban J connectivity index is 1.96. The second-order valence-electron chi connectivity index (χ2n) is 5.59. The highest BCUT2D eigenvalue weighted by atomic mass is 32.2. The van der Waals surface area contributed by atoms with Crippen molar-refractivity contribution < 1.29 is 14.1 Å². The number of rotatable bonds is 5. The van der Waals surface area contributed by atoms with Crippen molar-refractivity contribution in [2.45, 2.75) is 44.2 Å². The molecule has 2 atom stereocenters. The first-order valence-electron chi connectivity index (χ1n) is 7.15. The molecule has 2 rings (SSSR count). The number of carboxylic acids is 1. The fraction of sp³-hybridized carbons (Fsp3) is 0.923. The molecule has 0 aromatic rings. The summed E-state index contributed by atoms with van der Waals surface area (Å²) >= 11 is 0. The first kappa shape index (κ1) is 14.9. The predicted octanol–water partition coefficient (Wildman–Crippen LogP) is 0.426. The van der Waals surface area contributed by atoms with Gasteiger partial charge < -0.3 is 10.4 Å². The fourth-order valence-corrected chi connectivity index (χ4v) is 4.22. The number of carboxylic acid groups (broad SMARTS) is 1. The minimum atomic E-state index is -0.739. The molecule has 6 heteroatoms. The molecule has 1 heterocycles. The van der Waals surface area contributed by atoms with Gasteiger partial charge in [0.15, 0.2) is 0 Å². The van der Waals surface area contributed by atoms with Crippen LogP contribution in [0.4, 0.5) is 0 Å². The van der Waals surface area contributed by atoms with Gasteiger partial charge >= 0.3 is 5.97 Å². The molecule has 1 saturated heterocycles. The van der Waals surface area contributed by atoms with E-state index in [1.54, 1.807) is 0 Å². The van der Waals surface area contributed by atoms with Crippen LogP contribution in [0.1, 0.15) is 32.6 Å². The molecular weight excluding hydrogens is 264 g/mol. The monoisotopic (exact) mass is 288 g/mol. The van der Waals surface area contributed by atoms with Gasteiger partial charge in [0.25, 0.3) is 0 Å². The van der Waals surface area contributed by atoms with Gasteiger partial charge in [-0.3, -0.25) is 13.9 Å². The number of nitrogens with one attached hydrogen (secondary N) is 1. The summed E-state index contributed by atoms with van der Waals surface area (Å²) < 4.78 is 11.4.